The number of hydrogen-bond donors (Lipinski definition) is 2. The molecule has 0 amide bonds. The highest BCUT2D eigenvalue weighted by molar-refractivity contribution is 5.18. The molecule has 0 spiro atoms. The van der Waals surface area contributed by atoms with E-state index in [0.717, 1.165) is 56.9 Å². The first-order valence-electron chi connectivity index (χ1n) is 8.91. The smallest absolute Gasteiger partial charge is 0.185 e. The molecule has 23 heavy (non-hydrogen) atoms. The van der Waals surface area contributed by atoms with Crippen LogP contribution in [-0.4, -0.2) is 33.6 Å². The predicted octanol–water partition coefficient (Wildman–Crippen LogP) is 3.08. The summed E-state index contributed by atoms with van der Waals surface area (Å²) < 4.78 is 12.4. The van der Waals surface area contributed by atoms with Crippen LogP contribution >= 0.6 is 0 Å². The Bertz CT molecular complexity index is 502. The molecule has 3 fully saturated rings. The van der Waals surface area contributed by atoms with E-state index < -0.39 is 29.7 Å². The van der Waals surface area contributed by atoms with Crippen LogP contribution in [0, 0.1) is 0 Å². The van der Waals surface area contributed by atoms with Crippen LogP contribution in [0.4, 0.5) is 0 Å². The molecule has 0 aromatic heterocycles. The monoisotopic (exact) mass is 318 g/mol. The van der Waals surface area contributed by atoms with Gasteiger partial charge in [0.25, 0.3) is 0 Å². The predicted molar refractivity (Wildman–Crippen MR) is 85.8 cm³/mol. The topological polar surface area (TPSA) is 58.9 Å². The Hall–Kier alpha value is -0.940. The van der Waals surface area contributed by atoms with Crippen LogP contribution in [0.2, 0.25) is 0 Å². The van der Waals surface area contributed by atoms with Gasteiger partial charge < -0.3 is 19.7 Å². The van der Waals surface area contributed by atoms with Gasteiger partial charge in [0.05, 0.1) is 11.2 Å². The molecule has 1 aromatic rings. The molecule has 1 heterocycles. The van der Waals surface area contributed by atoms with Crippen molar-refractivity contribution < 1.29 is 19.7 Å². The number of aliphatic hydroxyl groups is 2. The number of ether oxygens (including phenoxy) is 2. The number of hydrogen-bond acceptors (Lipinski definition) is 4. The molecule has 1 aliphatic heterocycles. The third-order valence-electron chi connectivity index (χ3n) is 5.89. The van der Waals surface area contributed by atoms with Crippen molar-refractivity contribution in [3.05, 3.63) is 35.9 Å². The number of benzene rings is 1. The standard InChI is InChI=1S/C19H26O4/c20-18(10-4-5-11-18)15-16(19(21)12-6-7-13-19)23-17(22-15)14-8-2-1-3-9-14/h1-3,8-9,15-17,20-21H,4-7,10-13H2/t15-,16-/m1/s1. The maximum Gasteiger partial charge on any atom is 0.185 e. The van der Waals surface area contributed by atoms with Gasteiger partial charge in [-0.3, -0.25) is 0 Å². The highest BCUT2D eigenvalue weighted by Gasteiger charge is 2.58. The van der Waals surface area contributed by atoms with Crippen LogP contribution in [-0.2, 0) is 9.47 Å². The first-order valence-corrected chi connectivity index (χ1v) is 8.91. The normalized spacial score (nSPS) is 33.3. The average molecular weight is 318 g/mol. The Kier molecular flexibility index (Phi) is 3.96. The molecular weight excluding hydrogens is 292 g/mol. The zero-order valence-corrected chi connectivity index (χ0v) is 13.5. The second-order valence-electron chi connectivity index (χ2n) is 7.48. The van der Waals surface area contributed by atoms with E-state index in [1.54, 1.807) is 0 Å². The van der Waals surface area contributed by atoms with E-state index in [1.807, 2.05) is 30.3 Å². The summed E-state index contributed by atoms with van der Waals surface area (Å²) >= 11 is 0. The quantitative estimate of drug-likeness (QED) is 0.899. The minimum absolute atomic E-state index is 0.446. The van der Waals surface area contributed by atoms with Crippen LogP contribution in [0.15, 0.2) is 30.3 Å². The molecule has 2 N–H and O–H groups in total. The van der Waals surface area contributed by atoms with Crippen molar-refractivity contribution in [2.24, 2.45) is 0 Å². The lowest BCUT2D eigenvalue weighted by molar-refractivity contribution is -0.129. The fourth-order valence-electron chi connectivity index (χ4n) is 4.57. The Balaban J connectivity index is 1.64. The molecule has 2 atom stereocenters. The summed E-state index contributed by atoms with van der Waals surface area (Å²) in [6.07, 6.45) is 5.58. The Morgan fingerprint density at radius 2 is 1.17 bits per heavy atom. The van der Waals surface area contributed by atoms with E-state index >= 15 is 0 Å². The summed E-state index contributed by atoms with van der Waals surface area (Å²) in [6, 6.07) is 9.82. The van der Waals surface area contributed by atoms with Gasteiger partial charge in [-0.15, -0.1) is 0 Å². The maximum absolute atomic E-state index is 11.1. The van der Waals surface area contributed by atoms with Crippen molar-refractivity contribution in [1.29, 1.82) is 0 Å². The maximum atomic E-state index is 11.1. The summed E-state index contributed by atoms with van der Waals surface area (Å²) in [4.78, 5) is 0. The van der Waals surface area contributed by atoms with E-state index in [9.17, 15) is 10.2 Å². The van der Waals surface area contributed by atoms with Crippen molar-refractivity contribution >= 4 is 0 Å². The Morgan fingerprint density at radius 1 is 0.739 bits per heavy atom. The highest BCUT2D eigenvalue weighted by Crippen LogP contribution is 2.49. The van der Waals surface area contributed by atoms with E-state index in [2.05, 4.69) is 0 Å². The fraction of sp³-hybridized carbons (Fsp3) is 0.684. The van der Waals surface area contributed by atoms with Crippen molar-refractivity contribution in [3.63, 3.8) is 0 Å². The van der Waals surface area contributed by atoms with Crippen LogP contribution in [0.3, 0.4) is 0 Å². The average Bonchev–Trinajstić information content (AvgIpc) is 3.28. The van der Waals surface area contributed by atoms with Crippen molar-refractivity contribution in [2.75, 3.05) is 0 Å². The van der Waals surface area contributed by atoms with Crippen molar-refractivity contribution in [2.45, 2.75) is 81.1 Å². The van der Waals surface area contributed by atoms with E-state index in [1.165, 1.54) is 0 Å². The van der Waals surface area contributed by atoms with Crippen molar-refractivity contribution in [1.82, 2.24) is 0 Å². The SMILES string of the molecule is OC1([C@@H]2OC(c3ccccc3)O[C@H]2C2(O)CCCC2)CCCC1. The third-order valence-corrected chi connectivity index (χ3v) is 5.89. The summed E-state index contributed by atoms with van der Waals surface area (Å²) in [6.45, 7) is 0. The van der Waals surface area contributed by atoms with Gasteiger partial charge in [-0.25, -0.2) is 0 Å². The molecule has 4 rings (SSSR count). The minimum atomic E-state index is -0.869. The summed E-state index contributed by atoms with van der Waals surface area (Å²) in [5.41, 5.74) is -0.790. The molecule has 126 valence electrons. The molecule has 0 unspecified atom stereocenters. The molecule has 1 saturated heterocycles. The first kappa shape index (κ1) is 15.6. The van der Waals surface area contributed by atoms with Gasteiger partial charge in [0.2, 0.25) is 0 Å². The molecular formula is C19H26O4. The lowest BCUT2D eigenvalue weighted by atomic mass is 9.82. The van der Waals surface area contributed by atoms with Gasteiger partial charge >= 0.3 is 0 Å². The highest BCUT2D eigenvalue weighted by atomic mass is 16.7. The molecule has 2 aliphatic carbocycles. The zero-order valence-electron chi connectivity index (χ0n) is 13.5. The van der Waals surface area contributed by atoms with E-state index in [0.29, 0.717) is 0 Å². The van der Waals surface area contributed by atoms with E-state index in [4.69, 9.17) is 9.47 Å². The van der Waals surface area contributed by atoms with Crippen LogP contribution in [0.5, 0.6) is 0 Å². The van der Waals surface area contributed by atoms with Crippen LogP contribution in [0.1, 0.15) is 63.2 Å². The Labute approximate surface area is 137 Å². The van der Waals surface area contributed by atoms with Crippen molar-refractivity contribution in [3.8, 4) is 0 Å². The second-order valence-corrected chi connectivity index (χ2v) is 7.48. The van der Waals surface area contributed by atoms with Gasteiger partial charge in [-0.2, -0.15) is 0 Å². The lowest BCUT2D eigenvalue weighted by Gasteiger charge is -2.38. The molecule has 2 saturated carbocycles. The van der Waals surface area contributed by atoms with E-state index in [-0.39, 0.29) is 0 Å². The molecule has 0 radical (unpaired) electrons. The molecule has 3 aliphatic rings. The van der Waals surface area contributed by atoms with Gasteiger partial charge in [0.15, 0.2) is 6.29 Å². The van der Waals surface area contributed by atoms with Gasteiger partial charge in [-0.1, -0.05) is 56.0 Å². The van der Waals surface area contributed by atoms with Gasteiger partial charge in [0.1, 0.15) is 12.2 Å². The molecule has 0 bridgehead atoms. The fourth-order valence-corrected chi connectivity index (χ4v) is 4.57. The largest absolute Gasteiger partial charge is 0.387 e. The summed E-state index contributed by atoms with van der Waals surface area (Å²) in [7, 11) is 0. The lowest BCUT2D eigenvalue weighted by Crippen LogP contribution is -2.54. The van der Waals surface area contributed by atoms with Crippen LogP contribution in [0.25, 0.3) is 0 Å². The summed E-state index contributed by atoms with van der Waals surface area (Å²) in [5, 5.41) is 22.2. The van der Waals surface area contributed by atoms with Gasteiger partial charge in [-0.05, 0) is 25.7 Å². The Morgan fingerprint density at radius 3 is 1.61 bits per heavy atom. The molecule has 1 aromatic carbocycles. The minimum Gasteiger partial charge on any atom is -0.387 e. The number of rotatable bonds is 3. The summed E-state index contributed by atoms with van der Waals surface area (Å²) in [5.74, 6) is 0. The third kappa shape index (κ3) is 2.72. The van der Waals surface area contributed by atoms with Crippen LogP contribution < -0.4 is 0 Å². The van der Waals surface area contributed by atoms with Gasteiger partial charge in [0, 0.05) is 5.56 Å². The first-order chi connectivity index (χ1) is 11.1. The second kappa shape index (κ2) is 5.85. The zero-order chi connectivity index (χ0) is 15.9. The molecule has 4 nitrogen and oxygen atoms in total. The molecule has 4 heteroatoms.